The molecule has 0 saturated heterocycles. The van der Waals surface area contributed by atoms with Crippen LogP contribution in [0.3, 0.4) is 0 Å². The van der Waals surface area contributed by atoms with Gasteiger partial charge < -0.3 is 19.5 Å². The van der Waals surface area contributed by atoms with E-state index in [2.05, 4.69) is 19.2 Å². The van der Waals surface area contributed by atoms with Crippen LogP contribution in [-0.4, -0.2) is 11.8 Å². The molecule has 0 bridgehead atoms. The van der Waals surface area contributed by atoms with Gasteiger partial charge in [0.15, 0.2) is 11.5 Å². The molecule has 1 N–H and O–H groups in total. The summed E-state index contributed by atoms with van der Waals surface area (Å²) in [5.41, 5.74) is 2.27. The van der Waals surface area contributed by atoms with Crippen molar-refractivity contribution in [3.8, 4) is 11.5 Å². The Morgan fingerprint density at radius 1 is 1.08 bits per heavy atom. The molecule has 4 rings (SSSR count). The monoisotopic (exact) mass is 339 g/mol. The van der Waals surface area contributed by atoms with E-state index < -0.39 is 12.0 Å². The Kier molecular flexibility index (Phi) is 3.79. The lowest BCUT2D eigenvalue weighted by molar-refractivity contribution is -0.0884. The Bertz CT molecular complexity index is 819. The van der Waals surface area contributed by atoms with E-state index in [-0.39, 0.29) is 5.97 Å². The van der Waals surface area contributed by atoms with Crippen molar-refractivity contribution in [2.75, 3.05) is 5.32 Å². The largest absolute Gasteiger partial charge is 0.448 e. The molecule has 2 aliphatic rings. The number of carbonyl (C=O) groups excluding carboxylic acids is 1. The minimum atomic E-state index is -0.567. The first-order valence-corrected chi connectivity index (χ1v) is 8.72. The fourth-order valence-electron chi connectivity index (χ4n) is 3.39. The molecule has 130 valence electrons. The fourth-order valence-corrected chi connectivity index (χ4v) is 3.39. The van der Waals surface area contributed by atoms with Crippen molar-refractivity contribution >= 4 is 11.7 Å². The summed E-state index contributed by atoms with van der Waals surface area (Å²) in [6.07, 6.45) is 2.12. The van der Waals surface area contributed by atoms with Gasteiger partial charge in [0.05, 0.1) is 5.56 Å². The standard InChI is InChI=1S/C20H21NO4/c1-3-11-20(4-2)24-16-10-9-13(12-17(16)25-20)21-18-14-7-5-6-8-15(14)19(22)23-18/h5-10,12,18,21H,3-4,11H2,1-2H3. The highest BCUT2D eigenvalue weighted by Gasteiger charge is 2.39. The van der Waals surface area contributed by atoms with Crippen LogP contribution in [0.4, 0.5) is 5.69 Å². The molecule has 0 saturated carbocycles. The molecule has 0 radical (unpaired) electrons. The van der Waals surface area contributed by atoms with E-state index in [1.807, 2.05) is 36.4 Å². The summed E-state index contributed by atoms with van der Waals surface area (Å²) in [6, 6.07) is 13.1. The number of hydrogen-bond acceptors (Lipinski definition) is 5. The van der Waals surface area contributed by atoms with Gasteiger partial charge in [-0.25, -0.2) is 4.79 Å². The van der Waals surface area contributed by atoms with E-state index in [9.17, 15) is 4.79 Å². The lowest BCUT2D eigenvalue weighted by Crippen LogP contribution is -2.37. The molecule has 2 atom stereocenters. The zero-order chi connectivity index (χ0) is 17.4. The molecule has 0 spiro atoms. The van der Waals surface area contributed by atoms with Crippen molar-refractivity contribution < 1.29 is 19.0 Å². The average Bonchev–Trinajstić information content (AvgIpc) is 3.14. The van der Waals surface area contributed by atoms with Crippen LogP contribution in [0.25, 0.3) is 0 Å². The van der Waals surface area contributed by atoms with E-state index in [0.29, 0.717) is 5.56 Å². The van der Waals surface area contributed by atoms with Crippen molar-refractivity contribution in [1.82, 2.24) is 0 Å². The molecule has 2 aromatic carbocycles. The summed E-state index contributed by atoms with van der Waals surface area (Å²) in [5.74, 6) is 0.603. The van der Waals surface area contributed by atoms with Gasteiger partial charge in [0.2, 0.25) is 6.23 Å². The number of fused-ring (bicyclic) bond motifs is 2. The van der Waals surface area contributed by atoms with Gasteiger partial charge in [-0.2, -0.15) is 0 Å². The number of esters is 1. The first-order valence-electron chi connectivity index (χ1n) is 8.72. The number of rotatable bonds is 5. The first-order chi connectivity index (χ1) is 12.1. The highest BCUT2D eigenvalue weighted by molar-refractivity contribution is 5.94. The first kappa shape index (κ1) is 15.8. The summed E-state index contributed by atoms with van der Waals surface area (Å²) in [5, 5.41) is 3.26. The topological polar surface area (TPSA) is 56.8 Å². The summed E-state index contributed by atoms with van der Waals surface area (Å²) < 4.78 is 17.6. The Balaban J connectivity index is 1.56. The molecule has 2 aliphatic heterocycles. The lowest BCUT2D eigenvalue weighted by atomic mass is 10.1. The van der Waals surface area contributed by atoms with Crippen molar-refractivity contribution in [3.63, 3.8) is 0 Å². The van der Waals surface area contributed by atoms with Crippen LogP contribution in [-0.2, 0) is 4.74 Å². The summed E-state index contributed by atoms with van der Waals surface area (Å²) in [6.45, 7) is 4.18. The van der Waals surface area contributed by atoms with Crippen molar-refractivity contribution in [2.24, 2.45) is 0 Å². The number of cyclic esters (lactones) is 1. The molecule has 0 fully saturated rings. The zero-order valence-corrected chi connectivity index (χ0v) is 14.4. The van der Waals surface area contributed by atoms with Crippen LogP contribution in [0.2, 0.25) is 0 Å². The van der Waals surface area contributed by atoms with Gasteiger partial charge in [-0.1, -0.05) is 32.0 Å². The Morgan fingerprint density at radius 2 is 1.88 bits per heavy atom. The molecular formula is C20H21NO4. The zero-order valence-electron chi connectivity index (χ0n) is 14.4. The van der Waals surface area contributed by atoms with Gasteiger partial charge >= 0.3 is 5.97 Å². The van der Waals surface area contributed by atoms with E-state index in [4.69, 9.17) is 14.2 Å². The molecule has 25 heavy (non-hydrogen) atoms. The second-order valence-electron chi connectivity index (χ2n) is 6.40. The third kappa shape index (κ3) is 2.69. The quantitative estimate of drug-likeness (QED) is 0.804. The predicted molar refractivity (Wildman–Crippen MR) is 93.8 cm³/mol. The van der Waals surface area contributed by atoms with Crippen LogP contribution >= 0.6 is 0 Å². The molecule has 0 aliphatic carbocycles. The van der Waals surface area contributed by atoms with Crippen molar-refractivity contribution in [3.05, 3.63) is 53.6 Å². The van der Waals surface area contributed by atoms with E-state index in [1.165, 1.54) is 0 Å². The molecular weight excluding hydrogens is 318 g/mol. The maximum atomic E-state index is 11.9. The minimum Gasteiger partial charge on any atom is -0.448 e. The second-order valence-corrected chi connectivity index (χ2v) is 6.40. The number of benzene rings is 2. The maximum absolute atomic E-state index is 11.9. The highest BCUT2D eigenvalue weighted by atomic mass is 16.7. The Morgan fingerprint density at radius 3 is 2.68 bits per heavy atom. The molecule has 5 heteroatoms. The van der Waals surface area contributed by atoms with Gasteiger partial charge in [0.1, 0.15) is 0 Å². The van der Waals surface area contributed by atoms with Crippen LogP contribution in [0.1, 0.15) is 55.3 Å². The van der Waals surface area contributed by atoms with Crippen LogP contribution in [0.15, 0.2) is 42.5 Å². The summed E-state index contributed by atoms with van der Waals surface area (Å²) >= 11 is 0. The average molecular weight is 339 g/mol. The predicted octanol–water partition coefficient (Wildman–Crippen LogP) is 4.65. The third-order valence-corrected chi connectivity index (χ3v) is 4.69. The molecule has 2 aromatic rings. The fraction of sp³-hybridized carbons (Fsp3) is 0.350. The van der Waals surface area contributed by atoms with Crippen molar-refractivity contribution in [2.45, 2.75) is 45.1 Å². The smallest absolute Gasteiger partial charge is 0.340 e. The molecule has 2 heterocycles. The SMILES string of the molecule is CCCC1(CC)Oc2ccc(NC3OC(=O)c4ccccc43)cc2O1. The third-order valence-electron chi connectivity index (χ3n) is 4.69. The van der Waals surface area contributed by atoms with Gasteiger partial charge in [-0.3, -0.25) is 0 Å². The number of carbonyl (C=O) groups is 1. The number of hydrogen-bond donors (Lipinski definition) is 1. The van der Waals surface area contributed by atoms with E-state index >= 15 is 0 Å². The molecule has 2 unspecified atom stereocenters. The van der Waals surface area contributed by atoms with Crippen molar-refractivity contribution in [1.29, 1.82) is 0 Å². The Labute approximate surface area is 146 Å². The van der Waals surface area contributed by atoms with E-state index in [1.54, 1.807) is 6.07 Å². The minimum absolute atomic E-state index is 0.304. The van der Waals surface area contributed by atoms with Gasteiger partial charge in [0, 0.05) is 30.2 Å². The molecule has 0 aromatic heterocycles. The number of nitrogens with one attached hydrogen (secondary N) is 1. The summed E-state index contributed by atoms with van der Waals surface area (Å²) in [7, 11) is 0. The number of ether oxygens (including phenoxy) is 3. The lowest BCUT2D eigenvalue weighted by Gasteiger charge is -2.25. The summed E-state index contributed by atoms with van der Waals surface area (Å²) in [4.78, 5) is 11.9. The Hall–Kier alpha value is -2.69. The van der Waals surface area contributed by atoms with Crippen LogP contribution in [0, 0.1) is 0 Å². The highest BCUT2D eigenvalue weighted by Crippen LogP contribution is 2.44. The molecule has 0 amide bonds. The van der Waals surface area contributed by atoms with Gasteiger partial charge in [-0.15, -0.1) is 0 Å². The number of anilines is 1. The normalized spacial score (nSPS) is 23.3. The maximum Gasteiger partial charge on any atom is 0.340 e. The van der Waals surface area contributed by atoms with Gasteiger partial charge in [-0.05, 0) is 24.6 Å². The van der Waals surface area contributed by atoms with Gasteiger partial charge in [0.25, 0.3) is 5.79 Å². The van der Waals surface area contributed by atoms with Crippen LogP contribution < -0.4 is 14.8 Å². The van der Waals surface area contributed by atoms with E-state index in [0.717, 1.165) is 42.0 Å². The second kappa shape index (κ2) is 5.99. The van der Waals surface area contributed by atoms with Crippen LogP contribution in [0.5, 0.6) is 11.5 Å². The molecule has 5 nitrogen and oxygen atoms in total.